The summed E-state index contributed by atoms with van der Waals surface area (Å²) in [6.45, 7) is 3.16. The molecule has 0 saturated heterocycles. The third-order valence-corrected chi connectivity index (χ3v) is 4.70. The van der Waals surface area contributed by atoms with Gasteiger partial charge in [0.1, 0.15) is 5.52 Å². The fourth-order valence-corrected chi connectivity index (χ4v) is 3.22. The minimum absolute atomic E-state index is 0.0363. The average Bonchev–Trinajstić information content (AvgIpc) is 3.21. The fourth-order valence-electron chi connectivity index (χ4n) is 2.47. The van der Waals surface area contributed by atoms with Crippen molar-refractivity contribution in [2.45, 2.75) is 31.5 Å². The number of aliphatic carboxylic acids is 1. The molecule has 2 aromatic rings. The van der Waals surface area contributed by atoms with Crippen LogP contribution in [0.4, 0.5) is 0 Å². The van der Waals surface area contributed by atoms with Gasteiger partial charge in [-0.05, 0) is 30.7 Å². The van der Waals surface area contributed by atoms with Crippen LogP contribution in [0.2, 0.25) is 0 Å². The Bertz CT molecular complexity index is 636. The summed E-state index contributed by atoms with van der Waals surface area (Å²) in [6.07, 6.45) is 6.12. The van der Waals surface area contributed by atoms with Crippen LogP contribution in [0.15, 0.2) is 23.6 Å². The molecule has 0 radical (unpaired) electrons. The van der Waals surface area contributed by atoms with Crippen LogP contribution in [-0.4, -0.2) is 31.4 Å². The molecule has 1 N–H and O–H groups in total. The molecular weight excluding hydrogens is 274 g/mol. The summed E-state index contributed by atoms with van der Waals surface area (Å²) in [7, 11) is 0. The highest BCUT2D eigenvalue weighted by molar-refractivity contribution is 7.99. The maximum atomic E-state index is 10.8. The average molecular weight is 291 g/mol. The lowest BCUT2D eigenvalue weighted by Crippen LogP contribution is -2.11. The van der Waals surface area contributed by atoms with Gasteiger partial charge in [-0.15, -0.1) is 0 Å². The minimum atomic E-state index is -0.818. The number of imidazole rings is 1. The number of nitrogens with zero attached hydrogens (tertiary/aromatic N) is 3. The molecule has 3 rings (SSSR count). The number of hydrogen-bond donors (Lipinski definition) is 1. The van der Waals surface area contributed by atoms with Crippen molar-refractivity contribution in [2.75, 3.05) is 5.75 Å². The van der Waals surface area contributed by atoms with Gasteiger partial charge in [0.25, 0.3) is 0 Å². The largest absolute Gasteiger partial charge is 0.481 e. The van der Waals surface area contributed by atoms with Crippen LogP contribution in [-0.2, 0) is 11.3 Å². The van der Waals surface area contributed by atoms with Gasteiger partial charge in [-0.1, -0.05) is 18.7 Å². The molecule has 6 heteroatoms. The predicted molar refractivity (Wildman–Crippen MR) is 77.8 cm³/mol. The molecule has 0 spiro atoms. The van der Waals surface area contributed by atoms with Crippen molar-refractivity contribution in [3.8, 4) is 0 Å². The topological polar surface area (TPSA) is 68.0 Å². The van der Waals surface area contributed by atoms with Crippen LogP contribution in [0.1, 0.15) is 19.8 Å². The number of carboxylic acid groups (broad SMARTS) is 1. The van der Waals surface area contributed by atoms with Crippen molar-refractivity contribution in [3.63, 3.8) is 0 Å². The van der Waals surface area contributed by atoms with E-state index < -0.39 is 5.97 Å². The van der Waals surface area contributed by atoms with E-state index in [0.717, 1.165) is 28.7 Å². The van der Waals surface area contributed by atoms with Crippen LogP contribution >= 0.6 is 11.8 Å². The normalized spacial score (nSPS) is 16.4. The van der Waals surface area contributed by atoms with Crippen molar-refractivity contribution >= 4 is 28.8 Å². The Hall–Kier alpha value is -1.56. The summed E-state index contributed by atoms with van der Waals surface area (Å²) in [5, 5.41) is 9.63. The molecule has 0 aromatic carbocycles. The van der Waals surface area contributed by atoms with E-state index in [-0.39, 0.29) is 5.75 Å². The summed E-state index contributed by atoms with van der Waals surface area (Å²) in [6, 6.07) is 1.95. The van der Waals surface area contributed by atoms with Crippen LogP contribution in [0.5, 0.6) is 0 Å². The highest BCUT2D eigenvalue weighted by Gasteiger charge is 2.29. The van der Waals surface area contributed by atoms with Crippen LogP contribution < -0.4 is 0 Å². The SMILES string of the molecule is CC(Cn1c(SCC(=O)O)nc2cnccc21)C1CC1. The van der Waals surface area contributed by atoms with Gasteiger partial charge in [-0.25, -0.2) is 4.98 Å². The van der Waals surface area contributed by atoms with E-state index in [2.05, 4.69) is 21.5 Å². The summed E-state index contributed by atoms with van der Waals surface area (Å²) >= 11 is 1.28. The molecular formula is C14H17N3O2S. The number of fused-ring (bicyclic) bond motifs is 1. The zero-order chi connectivity index (χ0) is 14.1. The smallest absolute Gasteiger partial charge is 0.313 e. The standard InChI is InChI=1S/C14H17N3O2S/c1-9(10-2-3-10)7-17-12-4-5-15-6-11(12)16-14(17)20-8-13(18)19/h4-6,9-10H,2-3,7-8H2,1H3,(H,18,19). The van der Waals surface area contributed by atoms with Crippen molar-refractivity contribution < 1.29 is 9.90 Å². The summed E-state index contributed by atoms with van der Waals surface area (Å²) in [4.78, 5) is 19.4. The van der Waals surface area contributed by atoms with E-state index in [1.807, 2.05) is 6.07 Å². The van der Waals surface area contributed by atoms with Gasteiger partial charge >= 0.3 is 5.97 Å². The molecule has 1 saturated carbocycles. The zero-order valence-electron chi connectivity index (χ0n) is 11.3. The number of rotatable bonds is 6. The van der Waals surface area contributed by atoms with Gasteiger partial charge in [0, 0.05) is 12.7 Å². The molecule has 1 atom stereocenters. The maximum Gasteiger partial charge on any atom is 0.313 e. The van der Waals surface area contributed by atoms with Crippen LogP contribution in [0.3, 0.4) is 0 Å². The molecule has 0 aliphatic heterocycles. The fraction of sp³-hybridized carbons (Fsp3) is 0.500. The van der Waals surface area contributed by atoms with Crippen molar-refractivity contribution in [3.05, 3.63) is 18.5 Å². The maximum absolute atomic E-state index is 10.8. The number of carboxylic acids is 1. The lowest BCUT2D eigenvalue weighted by atomic mass is 10.1. The Kier molecular flexibility index (Phi) is 3.65. The zero-order valence-corrected chi connectivity index (χ0v) is 12.1. The first-order valence-corrected chi connectivity index (χ1v) is 7.78. The highest BCUT2D eigenvalue weighted by atomic mass is 32.2. The summed E-state index contributed by atoms with van der Waals surface area (Å²) in [5.41, 5.74) is 1.88. The van der Waals surface area contributed by atoms with Gasteiger partial charge in [0.15, 0.2) is 5.16 Å². The Balaban J connectivity index is 1.91. The molecule has 1 aliphatic carbocycles. The lowest BCUT2D eigenvalue weighted by Gasteiger charge is -2.14. The van der Waals surface area contributed by atoms with E-state index >= 15 is 0 Å². The van der Waals surface area contributed by atoms with E-state index in [9.17, 15) is 4.79 Å². The Morgan fingerprint density at radius 2 is 2.40 bits per heavy atom. The Morgan fingerprint density at radius 3 is 3.10 bits per heavy atom. The quantitative estimate of drug-likeness (QED) is 0.829. The number of carbonyl (C=O) groups is 1. The van der Waals surface area contributed by atoms with Crippen molar-refractivity contribution in [2.24, 2.45) is 11.8 Å². The Labute approximate surface area is 121 Å². The number of hydrogen-bond acceptors (Lipinski definition) is 4. The summed E-state index contributed by atoms with van der Waals surface area (Å²) in [5.74, 6) is 0.632. The monoisotopic (exact) mass is 291 g/mol. The van der Waals surface area contributed by atoms with E-state index in [1.165, 1.54) is 24.6 Å². The molecule has 0 amide bonds. The lowest BCUT2D eigenvalue weighted by molar-refractivity contribution is -0.133. The number of pyridine rings is 1. The number of thioether (sulfide) groups is 1. The number of aromatic nitrogens is 3. The molecule has 2 heterocycles. The molecule has 1 aliphatic rings. The Morgan fingerprint density at radius 1 is 1.60 bits per heavy atom. The van der Waals surface area contributed by atoms with Gasteiger partial charge in [-0.2, -0.15) is 0 Å². The van der Waals surface area contributed by atoms with Gasteiger partial charge in [-0.3, -0.25) is 9.78 Å². The second-order valence-electron chi connectivity index (χ2n) is 5.37. The first-order chi connectivity index (χ1) is 9.65. The van der Waals surface area contributed by atoms with E-state index in [4.69, 9.17) is 5.11 Å². The predicted octanol–water partition coefficient (Wildman–Crippen LogP) is 2.65. The first kappa shape index (κ1) is 13.4. The molecule has 5 nitrogen and oxygen atoms in total. The third kappa shape index (κ3) is 2.80. The molecule has 20 heavy (non-hydrogen) atoms. The van der Waals surface area contributed by atoms with E-state index in [1.54, 1.807) is 12.4 Å². The molecule has 0 bridgehead atoms. The third-order valence-electron chi connectivity index (χ3n) is 3.74. The molecule has 1 fully saturated rings. The molecule has 1 unspecified atom stereocenters. The van der Waals surface area contributed by atoms with Crippen molar-refractivity contribution in [1.29, 1.82) is 0 Å². The van der Waals surface area contributed by atoms with Gasteiger partial charge in [0.2, 0.25) is 0 Å². The van der Waals surface area contributed by atoms with Crippen LogP contribution in [0.25, 0.3) is 11.0 Å². The summed E-state index contributed by atoms with van der Waals surface area (Å²) < 4.78 is 2.15. The molecule has 2 aromatic heterocycles. The highest BCUT2D eigenvalue weighted by Crippen LogP contribution is 2.38. The minimum Gasteiger partial charge on any atom is -0.481 e. The second kappa shape index (κ2) is 5.44. The van der Waals surface area contributed by atoms with E-state index in [0.29, 0.717) is 5.92 Å². The van der Waals surface area contributed by atoms with Crippen molar-refractivity contribution in [1.82, 2.24) is 14.5 Å². The second-order valence-corrected chi connectivity index (χ2v) is 6.31. The van der Waals surface area contributed by atoms with Gasteiger partial charge < -0.3 is 9.67 Å². The van der Waals surface area contributed by atoms with Crippen LogP contribution in [0, 0.1) is 11.8 Å². The van der Waals surface area contributed by atoms with Gasteiger partial charge in [0.05, 0.1) is 17.5 Å². The first-order valence-electron chi connectivity index (χ1n) is 6.80. The molecule has 106 valence electrons.